The minimum absolute atomic E-state index is 0.0773. The van der Waals surface area contributed by atoms with E-state index in [0.29, 0.717) is 3.97 Å². The summed E-state index contributed by atoms with van der Waals surface area (Å²) in [4.78, 5) is 26.3. The van der Waals surface area contributed by atoms with E-state index in [1.807, 2.05) is 0 Å². The van der Waals surface area contributed by atoms with Gasteiger partial charge >= 0.3 is 22.3 Å². The molecular formula is C9H13N3O6S. The molecule has 1 aromatic rings. The third-order valence-corrected chi connectivity index (χ3v) is 3.26. The molecule has 0 atom stereocenters. The Labute approximate surface area is 109 Å². The van der Waals surface area contributed by atoms with E-state index in [1.54, 1.807) is 11.6 Å². The molecule has 1 aromatic heterocycles. The Kier molecular flexibility index (Phi) is 4.48. The summed E-state index contributed by atoms with van der Waals surface area (Å²) in [6.07, 6.45) is -0.284. The number of nitrogens with one attached hydrogen (secondary N) is 1. The molecule has 0 radical (unpaired) electrons. The first-order valence-corrected chi connectivity index (χ1v) is 6.59. The van der Waals surface area contributed by atoms with Gasteiger partial charge in [0.15, 0.2) is 5.69 Å². The minimum atomic E-state index is -4.32. The molecule has 0 saturated heterocycles. The number of imidazole rings is 1. The van der Waals surface area contributed by atoms with E-state index in [4.69, 9.17) is 4.74 Å². The summed E-state index contributed by atoms with van der Waals surface area (Å²) < 4.78 is 34.7. The standard InChI is InChI=1S/C9H13N3O6S/c1-4-18-8(13)7-6(2)10-5-12(7)19(15,16)11-9(14)17-3/h5H,4H2,1-3H3,(H,11,14). The largest absolute Gasteiger partial charge is 0.461 e. The Morgan fingerprint density at radius 3 is 2.63 bits per heavy atom. The number of rotatable bonds is 4. The van der Waals surface area contributed by atoms with Gasteiger partial charge in [-0.2, -0.15) is 8.42 Å². The molecule has 1 heterocycles. The number of hydrogen-bond donors (Lipinski definition) is 1. The van der Waals surface area contributed by atoms with Gasteiger partial charge in [0, 0.05) is 0 Å². The van der Waals surface area contributed by atoms with Crippen LogP contribution in [-0.4, -0.2) is 43.2 Å². The molecule has 0 bridgehead atoms. The van der Waals surface area contributed by atoms with Crippen molar-refractivity contribution in [3.8, 4) is 0 Å². The van der Waals surface area contributed by atoms with E-state index < -0.39 is 22.3 Å². The van der Waals surface area contributed by atoms with Gasteiger partial charge in [-0.15, -0.1) is 0 Å². The van der Waals surface area contributed by atoms with E-state index in [-0.39, 0.29) is 18.0 Å². The summed E-state index contributed by atoms with van der Waals surface area (Å²) in [5.41, 5.74) is -0.119. The second-order valence-corrected chi connectivity index (χ2v) is 4.84. The maximum atomic E-state index is 11.8. The van der Waals surface area contributed by atoms with Crippen LogP contribution in [0.2, 0.25) is 0 Å². The second kappa shape index (κ2) is 5.69. The lowest BCUT2D eigenvalue weighted by Crippen LogP contribution is -2.36. The molecule has 0 saturated carbocycles. The number of hydrogen-bond acceptors (Lipinski definition) is 7. The molecule has 0 aliphatic rings. The van der Waals surface area contributed by atoms with Gasteiger partial charge < -0.3 is 9.47 Å². The van der Waals surface area contributed by atoms with Gasteiger partial charge in [0.25, 0.3) is 0 Å². The van der Waals surface area contributed by atoms with Crippen LogP contribution in [0.4, 0.5) is 4.79 Å². The molecule has 1 N–H and O–H groups in total. The number of amides is 1. The molecule has 0 fully saturated rings. The summed E-state index contributed by atoms with van der Waals surface area (Å²) in [6.45, 7) is 3.10. The third kappa shape index (κ3) is 3.22. The van der Waals surface area contributed by atoms with Crippen LogP contribution in [0.3, 0.4) is 0 Å². The van der Waals surface area contributed by atoms with Crippen molar-refractivity contribution in [2.75, 3.05) is 13.7 Å². The zero-order chi connectivity index (χ0) is 14.6. The number of ether oxygens (including phenoxy) is 2. The Hall–Kier alpha value is -2.10. The van der Waals surface area contributed by atoms with Crippen molar-refractivity contribution in [1.82, 2.24) is 13.7 Å². The van der Waals surface area contributed by atoms with Crippen molar-refractivity contribution in [3.05, 3.63) is 17.7 Å². The average Bonchev–Trinajstić information content (AvgIpc) is 2.71. The van der Waals surface area contributed by atoms with Crippen molar-refractivity contribution >= 4 is 22.3 Å². The van der Waals surface area contributed by atoms with Crippen molar-refractivity contribution in [3.63, 3.8) is 0 Å². The van der Waals surface area contributed by atoms with Gasteiger partial charge in [0.05, 0.1) is 19.4 Å². The molecule has 0 aromatic carbocycles. The normalized spacial score (nSPS) is 10.9. The molecule has 106 valence electrons. The number of esters is 1. The zero-order valence-electron chi connectivity index (χ0n) is 10.5. The predicted octanol–water partition coefficient (Wildman–Crippen LogP) is -0.183. The quantitative estimate of drug-likeness (QED) is 0.764. The Bertz CT molecular complexity index is 591. The van der Waals surface area contributed by atoms with E-state index in [2.05, 4.69) is 9.72 Å². The van der Waals surface area contributed by atoms with Crippen LogP contribution in [0.1, 0.15) is 23.1 Å². The highest BCUT2D eigenvalue weighted by Gasteiger charge is 2.26. The summed E-state index contributed by atoms with van der Waals surface area (Å²) in [6, 6.07) is 0. The Morgan fingerprint density at radius 2 is 2.11 bits per heavy atom. The van der Waals surface area contributed by atoms with Crippen LogP contribution in [0.25, 0.3) is 0 Å². The van der Waals surface area contributed by atoms with Gasteiger partial charge in [-0.05, 0) is 13.8 Å². The summed E-state index contributed by atoms with van der Waals surface area (Å²) >= 11 is 0. The Morgan fingerprint density at radius 1 is 1.47 bits per heavy atom. The topological polar surface area (TPSA) is 117 Å². The fourth-order valence-electron chi connectivity index (χ4n) is 1.23. The lowest BCUT2D eigenvalue weighted by Gasteiger charge is -2.09. The first kappa shape index (κ1) is 15.0. The van der Waals surface area contributed by atoms with Crippen LogP contribution in [0.15, 0.2) is 6.33 Å². The van der Waals surface area contributed by atoms with Gasteiger partial charge in [0.1, 0.15) is 6.33 Å². The summed E-state index contributed by atoms with van der Waals surface area (Å²) in [5, 5.41) is 0. The highest BCUT2D eigenvalue weighted by Crippen LogP contribution is 2.10. The summed E-state index contributed by atoms with van der Waals surface area (Å²) in [5.74, 6) is -0.854. The number of carbonyl (C=O) groups is 2. The number of nitrogens with zero attached hydrogens (tertiary/aromatic N) is 2. The number of aryl methyl sites for hydroxylation is 1. The third-order valence-electron chi connectivity index (χ3n) is 2.04. The minimum Gasteiger partial charge on any atom is -0.461 e. The lowest BCUT2D eigenvalue weighted by molar-refractivity contribution is 0.0517. The first-order chi connectivity index (χ1) is 8.83. The maximum absolute atomic E-state index is 11.8. The SMILES string of the molecule is CCOC(=O)c1c(C)ncn1S(=O)(=O)NC(=O)OC. The fourth-order valence-corrected chi connectivity index (χ4v) is 2.24. The van der Waals surface area contributed by atoms with Crippen LogP contribution in [0, 0.1) is 6.92 Å². The van der Waals surface area contributed by atoms with Crippen molar-refractivity contribution < 1.29 is 27.5 Å². The van der Waals surface area contributed by atoms with Crippen LogP contribution < -0.4 is 4.72 Å². The van der Waals surface area contributed by atoms with Crippen LogP contribution >= 0.6 is 0 Å². The number of methoxy groups -OCH3 is 1. The Balaban J connectivity index is 3.21. The molecule has 10 heteroatoms. The molecule has 1 amide bonds. The summed E-state index contributed by atoms with van der Waals surface area (Å²) in [7, 11) is -3.31. The maximum Gasteiger partial charge on any atom is 0.422 e. The number of aromatic nitrogens is 2. The highest BCUT2D eigenvalue weighted by molar-refractivity contribution is 7.88. The van der Waals surface area contributed by atoms with Gasteiger partial charge in [-0.25, -0.2) is 23.3 Å². The van der Waals surface area contributed by atoms with Crippen LogP contribution in [-0.2, 0) is 19.7 Å². The highest BCUT2D eigenvalue weighted by atomic mass is 32.2. The smallest absolute Gasteiger partial charge is 0.422 e. The predicted molar refractivity (Wildman–Crippen MR) is 62.8 cm³/mol. The molecule has 9 nitrogen and oxygen atoms in total. The first-order valence-electron chi connectivity index (χ1n) is 5.15. The van der Waals surface area contributed by atoms with Gasteiger partial charge in [0.2, 0.25) is 0 Å². The molecule has 0 aliphatic carbocycles. The molecule has 0 unspecified atom stereocenters. The second-order valence-electron chi connectivity index (χ2n) is 3.29. The average molecular weight is 291 g/mol. The van der Waals surface area contributed by atoms with Gasteiger partial charge in [-0.3, -0.25) is 0 Å². The van der Waals surface area contributed by atoms with E-state index in [9.17, 15) is 18.0 Å². The van der Waals surface area contributed by atoms with E-state index in [1.165, 1.54) is 6.92 Å². The molecule has 0 aliphatic heterocycles. The van der Waals surface area contributed by atoms with Crippen molar-refractivity contribution in [1.29, 1.82) is 0 Å². The van der Waals surface area contributed by atoms with Crippen molar-refractivity contribution in [2.45, 2.75) is 13.8 Å². The van der Waals surface area contributed by atoms with E-state index >= 15 is 0 Å². The van der Waals surface area contributed by atoms with Gasteiger partial charge in [-0.1, -0.05) is 0 Å². The van der Waals surface area contributed by atoms with E-state index in [0.717, 1.165) is 13.4 Å². The number of carbonyl (C=O) groups excluding carboxylic acids is 2. The zero-order valence-corrected chi connectivity index (χ0v) is 11.4. The lowest BCUT2D eigenvalue weighted by atomic mass is 10.3. The molecular weight excluding hydrogens is 278 g/mol. The van der Waals surface area contributed by atoms with Crippen LogP contribution in [0.5, 0.6) is 0 Å². The van der Waals surface area contributed by atoms with Crippen molar-refractivity contribution in [2.24, 2.45) is 0 Å². The molecule has 19 heavy (non-hydrogen) atoms. The monoisotopic (exact) mass is 291 g/mol. The fraction of sp³-hybridized carbons (Fsp3) is 0.444. The molecule has 0 spiro atoms. The molecule has 1 rings (SSSR count).